The summed E-state index contributed by atoms with van der Waals surface area (Å²) in [6.07, 6.45) is 0.0286. The predicted molar refractivity (Wildman–Crippen MR) is 200 cm³/mol. The van der Waals surface area contributed by atoms with E-state index in [4.69, 9.17) is 35.4 Å². The molecule has 0 aliphatic carbocycles. The van der Waals surface area contributed by atoms with Crippen LogP contribution in [0.2, 0.25) is 5.02 Å². The van der Waals surface area contributed by atoms with Gasteiger partial charge in [0.1, 0.15) is 17.0 Å². The first-order valence-electron chi connectivity index (χ1n) is 16.6. The van der Waals surface area contributed by atoms with Gasteiger partial charge in [0, 0.05) is 17.1 Å². The zero-order valence-electron chi connectivity index (χ0n) is 31.5. The van der Waals surface area contributed by atoms with E-state index in [9.17, 15) is 19.2 Å². The Morgan fingerprint density at radius 1 is 0.755 bits per heavy atom. The Kier molecular flexibility index (Phi) is 15.9. The zero-order valence-corrected chi connectivity index (χ0v) is 32.2. The molecule has 14 heteroatoms. The summed E-state index contributed by atoms with van der Waals surface area (Å²) in [4.78, 5) is 71.0. The van der Waals surface area contributed by atoms with Crippen LogP contribution < -0.4 is 20.7 Å². The molecule has 3 amide bonds. The number of ether oxygens (including phenoxy) is 3. The molecule has 0 aliphatic rings. The molecule has 0 saturated carbocycles. The Labute approximate surface area is 314 Å². The molecule has 0 spiro atoms. The number of carbonyl (C=O) groups is 4. The van der Waals surface area contributed by atoms with Crippen LogP contribution in [-0.4, -0.2) is 47.4 Å². The van der Waals surface area contributed by atoms with Crippen LogP contribution in [-0.2, 0) is 36.7 Å². The summed E-state index contributed by atoms with van der Waals surface area (Å²) in [7, 11) is 0. The fourth-order valence-electron chi connectivity index (χ4n) is 4.48. The quantitative estimate of drug-likeness (QED) is 0.0886. The highest BCUT2D eigenvalue weighted by Crippen LogP contribution is 2.27. The van der Waals surface area contributed by atoms with Crippen molar-refractivity contribution in [2.45, 2.75) is 92.8 Å². The maximum absolute atomic E-state index is 12.9. The van der Waals surface area contributed by atoms with E-state index >= 15 is 0 Å². The SMILES string of the molecule is CC(C)(C)Cc1ccccc1NC(=O)CCc1ccc(OC(=O)c2ccc(N=C(NC(=O)OC(C)(C)C)NC(=O)OC(C)(C)C)cc2)cc1Cl.O=C=O. The number of nitrogens with zero attached hydrogens (tertiary/aromatic N) is 1. The van der Waals surface area contributed by atoms with E-state index in [1.54, 1.807) is 53.7 Å². The number of halogens is 1. The molecule has 3 aromatic carbocycles. The lowest BCUT2D eigenvalue weighted by Crippen LogP contribution is -2.47. The molecule has 0 fully saturated rings. The number of anilines is 1. The standard InChI is InChI=1S/C38H47ClN4O7.CO2/c1-36(2,3)23-26-12-10-11-13-30(26)41-31(44)21-17-24-16-20-28(22-29(24)39)48-32(45)25-14-18-27(19-15-25)40-33(42-34(46)49-37(4,5)6)43-35(47)50-38(7,8)9;2-1-3/h10-16,18-20,22H,17,21,23H2,1-9H3,(H,41,44)(H2,40,42,43,46,47);. The number of benzene rings is 3. The van der Waals surface area contributed by atoms with E-state index in [-0.39, 0.29) is 41.2 Å². The van der Waals surface area contributed by atoms with Crippen molar-refractivity contribution >= 4 is 59.1 Å². The Bertz CT molecular complexity index is 1780. The summed E-state index contributed by atoms with van der Waals surface area (Å²) in [5, 5.41) is 8.19. The third-order valence-corrected chi connectivity index (χ3v) is 6.80. The Balaban J connectivity index is 0.00000313. The summed E-state index contributed by atoms with van der Waals surface area (Å²) in [5.41, 5.74) is 1.64. The van der Waals surface area contributed by atoms with E-state index in [1.807, 2.05) is 24.3 Å². The molecule has 0 saturated heterocycles. The van der Waals surface area contributed by atoms with Crippen LogP contribution in [0.3, 0.4) is 0 Å². The summed E-state index contributed by atoms with van der Waals surface area (Å²) >= 11 is 6.50. The van der Waals surface area contributed by atoms with Crippen molar-refractivity contribution in [2.24, 2.45) is 10.4 Å². The molecule has 3 rings (SSSR count). The summed E-state index contributed by atoms with van der Waals surface area (Å²) in [5.74, 6) is -0.770. The molecule has 0 bridgehead atoms. The van der Waals surface area contributed by atoms with E-state index < -0.39 is 29.4 Å². The van der Waals surface area contributed by atoms with Crippen LogP contribution in [0.4, 0.5) is 21.0 Å². The van der Waals surface area contributed by atoms with Crippen LogP contribution >= 0.6 is 11.6 Å². The number of aryl methyl sites for hydroxylation is 1. The number of amides is 3. The van der Waals surface area contributed by atoms with E-state index in [0.29, 0.717) is 17.1 Å². The van der Waals surface area contributed by atoms with Crippen molar-refractivity contribution in [3.63, 3.8) is 0 Å². The molecule has 0 heterocycles. The van der Waals surface area contributed by atoms with Crippen molar-refractivity contribution in [3.05, 3.63) is 88.4 Å². The number of alkyl carbamates (subject to hydrolysis) is 2. The van der Waals surface area contributed by atoms with Crippen molar-refractivity contribution in [2.75, 3.05) is 5.32 Å². The molecule has 0 radical (unpaired) electrons. The molecule has 0 unspecified atom stereocenters. The summed E-state index contributed by atoms with van der Waals surface area (Å²) < 4.78 is 16.1. The zero-order chi connectivity index (χ0) is 40.0. The van der Waals surface area contributed by atoms with Gasteiger partial charge in [-0.25, -0.2) is 19.4 Å². The van der Waals surface area contributed by atoms with Gasteiger partial charge >= 0.3 is 24.3 Å². The Morgan fingerprint density at radius 3 is 1.81 bits per heavy atom. The third-order valence-electron chi connectivity index (χ3n) is 6.45. The molecular weight excluding hydrogens is 704 g/mol. The van der Waals surface area contributed by atoms with Gasteiger partial charge in [0.2, 0.25) is 11.9 Å². The van der Waals surface area contributed by atoms with Gasteiger partial charge in [-0.1, -0.05) is 56.6 Å². The lowest BCUT2D eigenvalue weighted by Gasteiger charge is -2.22. The number of carbonyl (C=O) groups excluding carboxylic acids is 6. The maximum atomic E-state index is 12.9. The first-order valence-corrected chi connectivity index (χ1v) is 17.0. The first kappa shape index (κ1) is 43.6. The van der Waals surface area contributed by atoms with Gasteiger partial charge in [0.25, 0.3) is 0 Å². The number of hydrogen-bond donors (Lipinski definition) is 3. The smallest absolute Gasteiger partial charge is 0.414 e. The average Bonchev–Trinajstić information content (AvgIpc) is 2.99. The van der Waals surface area contributed by atoms with Crippen LogP contribution in [0, 0.1) is 5.41 Å². The Hall–Kier alpha value is -5.52. The highest BCUT2D eigenvalue weighted by molar-refractivity contribution is 6.31. The topological polar surface area (TPSA) is 179 Å². The minimum absolute atomic E-state index is 0.0754. The molecule has 0 atom stereocenters. The van der Waals surface area contributed by atoms with Gasteiger partial charge in [-0.3, -0.25) is 15.4 Å². The second-order valence-electron chi connectivity index (χ2n) is 14.9. The summed E-state index contributed by atoms with van der Waals surface area (Å²) in [6.45, 7) is 16.6. The fraction of sp³-hybridized carbons (Fsp3) is 0.385. The maximum Gasteiger partial charge on any atom is 0.414 e. The number of para-hydroxylation sites is 1. The van der Waals surface area contributed by atoms with Crippen molar-refractivity contribution in [3.8, 4) is 5.75 Å². The van der Waals surface area contributed by atoms with E-state index in [2.05, 4.69) is 41.7 Å². The van der Waals surface area contributed by atoms with Crippen molar-refractivity contribution in [1.29, 1.82) is 0 Å². The lowest BCUT2D eigenvalue weighted by molar-refractivity contribution is -0.191. The third kappa shape index (κ3) is 17.5. The monoisotopic (exact) mass is 750 g/mol. The minimum Gasteiger partial charge on any atom is -0.444 e. The van der Waals surface area contributed by atoms with Crippen molar-refractivity contribution in [1.82, 2.24) is 10.6 Å². The highest BCUT2D eigenvalue weighted by Gasteiger charge is 2.22. The van der Waals surface area contributed by atoms with Gasteiger partial charge in [0.15, 0.2) is 0 Å². The van der Waals surface area contributed by atoms with Crippen molar-refractivity contribution < 1.29 is 43.0 Å². The molecule has 3 N–H and O–H groups in total. The van der Waals surface area contributed by atoms with Gasteiger partial charge in [-0.2, -0.15) is 9.59 Å². The largest absolute Gasteiger partial charge is 0.444 e. The molecule has 53 heavy (non-hydrogen) atoms. The number of guanidine groups is 1. The molecule has 0 aliphatic heterocycles. The second-order valence-corrected chi connectivity index (χ2v) is 15.3. The van der Waals surface area contributed by atoms with Gasteiger partial charge in [-0.15, -0.1) is 0 Å². The highest BCUT2D eigenvalue weighted by atomic mass is 35.5. The van der Waals surface area contributed by atoms with Crippen LogP contribution in [0.25, 0.3) is 0 Å². The van der Waals surface area contributed by atoms with E-state index in [1.165, 1.54) is 30.3 Å². The van der Waals surface area contributed by atoms with E-state index in [0.717, 1.165) is 23.2 Å². The number of esters is 1. The lowest BCUT2D eigenvalue weighted by atomic mass is 9.87. The molecule has 284 valence electrons. The summed E-state index contributed by atoms with van der Waals surface area (Å²) in [6, 6.07) is 18.6. The average molecular weight is 751 g/mol. The number of nitrogens with one attached hydrogen (secondary N) is 3. The van der Waals surface area contributed by atoms with Crippen LogP contribution in [0.5, 0.6) is 5.75 Å². The number of aliphatic imine (C=N–C) groups is 1. The number of hydrogen-bond acceptors (Lipinski definition) is 10. The Morgan fingerprint density at radius 2 is 1.30 bits per heavy atom. The second kappa shape index (κ2) is 19.4. The van der Waals surface area contributed by atoms with Crippen LogP contribution in [0.1, 0.15) is 90.2 Å². The van der Waals surface area contributed by atoms with Crippen LogP contribution in [0.15, 0.2) is 71.7 Å². The predicted octanol–water partition coefficient (Wildman–Crippen LogP) is 8.17. The number of rotatable bonds is 8. The minimum atomic E-state index is -0.835. The van der Waals surface area contributed by atoms with Gasteiger partial charge < -0.3 is 19.5 Å². The molecule has 13 nitrogen and oxygen atoms in total. The van der Waals surface area contributed by atoms with Gasteiger partial charge in [-0.05, 0) is 113 Å². The fourth-order valence-corrected chi connectivity index (χ4v) is 4.74. The molecule has 3 aromatic rings. The first-order chi connectivity index (χ1) is 24.6. The normalized spacial score (nSPS) is 11.1. The molecule has 0 aromatic heterocycles. The molecular formula is C39H47ClN4O9. The van der Waals surface area contributed by atoms with Gasteiger partial charge in [0.05, 0.1) is 11.3 Å².